The first-order valence-electron chi connectivity index (χ1n) is 9.64. The average molecular weight is 382 g/mol. The van der Waals surface area contributed by atoms with Gasteiger partial charge in [-0.3, -0.25) is 9.59 Å². The van der Waals surface area contributed by atoms with Crippen molar-refractivity contribution >= 4 is 17.5 Å². The van der Waals surface area contributed by atoms with Crippen molar-refractivity contribution in [3.8, 4) is 5.75 Å². The molecule has 4 rings (SSSR count). The molecule has 5 nitrogen and oxygen atoms in total. The molecule has 2 aromatic carbocycles. The number of benzene rings is 2. The van der Waals surface area contributed by atoms with Crippen molar-refractivity contribution in [2.45, 2.75) is 44.9 Å². The molecule has 2 aromatic rings. The van der Waals surface area contributed by atoms with Crippen molar-refractivity contribution in [2.24, 2.45) is 0 Å². The van der Waals surface area contributed by atoms with Gasteiger partial charge in [-0.25, -0.2) is 4.39 Å². The Morgan fingerprint density at radius 1 is 1.18 bits per heavy atom. The molecular weight excluding hydrogens is 359 g/mol. The number of ether oxygens (including phenoxy) is 1. The Morgan fingerprint density at radius 3 is 2.61 bits per heavy atom. The summed E-state index contributed by atoms with van der Waals surface area (Å²) in [6.45, 7) is 2.50. The summed E-state index contributed by atoms with van der Waals surface area (Å²) < 4.78 is 18.8. The van der Waals surface area contributed by atoms with Crippen molar-refractivity contribution in [2.75, 3.05) is 11.4 Å². The zero-order valence-corrected chi connectivity index (χ0v) is 15.8. The normalized spacial score (nSPS) is 18.4. The highest BCUT2D eigenvalue weighted by atomic mass is 19.1. The summed E-state index contributed by atoms with van der Waals surface area (Å²) in [5.41, 5.74) is 1.61. The maximum Gasteiger partial charge on any atom is 0.267 e. The molecule has 0 radical (unpaired) electrons. The highest BCUT2D eigenvalue weighted by Crippen LogP contribution is 2.34. The lowest BCUT2D eigenvalue weighted by molar-refractivity contribution is -0.132. The monoisotopic (exact) mass is 382 g/mol. The first-order valence-corrected chi connectivity index (χ1v) is 9.64. The van der Waals surface area contributed by atoms with Gasteiger partial charge in [0.15, 0.2) is 6.10 Å². The van der Waals surface area contributed by atoms with Gasteiger partial charge < -0.3 is 14.5 Å². The summed E-state index contributed by atoms with van der Waals surface area (Å²) >= 11 is 0. The molecule has 1 fully saturated rings. The van der Waals surface area contributed by atoms with Crippen LogP contribution in [0, 0.1) is 5.82 Å². The van der Waals surface area contributed by atoms with Gasteiger partial charge in [0.2, 0.25) is 5.91 Å². The summed E-state index contributed by atoms with van der Waals surface area (Å²) in [5.74, 6) is 0.248. The van der Waals surface area contributed by atoms with Crippen LogP contribution in [0.4, 0.5) is 10.1 Å². The second kappa shape index (κ2) is 7.62. The largest absolute Gasteiger partial charge is 0.479 e. The van der Waals surface area contributed by atoms with E-state index in [2.05, 4.69) is 0 Å². The number of halogens is 1. The Balaban J connectivity index is 1.45. The molecule has 2 aliphatic rings. The second-order valence-corrected chi connectivity index (χ2v) is 7.35. The van der Waals surface area contributed by atoms with Gasteiger partial charge in [-0.2, -0.15) is 0 Å². The topological polar surface area (TPSA) is 49.9 Å². The molecule has 2 amide bonds. The minimum absolute atomic E-state index is 0.0104. The molecule has 0 bridgehead atoms. The number of nitrogens with zero attached hydrogens (tertiary/aromatic N) is 2. The van der Waals surface area contributed by atoms with Gasteiger partial charge in [0.1, 0.15) is 11.6 Å². The minimum atomic E-state index is -0.566. The van der Waals surface area contributed by atoms with Crippen LogP contribution in [0.15, 0.2) is 48.5 Å². The number of hydrogen-bond acceptors (Lipinski definition) is 3. The third-order valence-electron chi connectivity index (χ3n) is 5.20. The molecule has 1 unspecified atom stereocenters. The van der Waals surface area contributed by atoms with Crippen LogP contribution in [-0.2, 0) is 16.1 Å². The fourth-order valence-electron chi connectivity index (χ4n) is 3.53. The molecule has 1 aliphatic carbocycles. The first-order chi connectivity index (χ1) is 13.5. The Labute approximate surface area is 163 Å². The lowest BCUT2D eigenvalue weighted by atomic mass is 10.1. The van der Waals surface area contributed by atoms with Crippen LogP contribution < -0.4 is 9.64 Å². The summed E-state index contributed by atoms with van der Waals surface area (Å²) in [7, 11) is 0. The van der Waals surface area contributed by atoms with Gasteiger partial charge in [0.05, 0.1) is 5.69 Å². The van der Waals surface area contributed by atoms with Gasteiger partial charge in [0, 0.05) is 25.6 Å². The van der Waals surface area contributed by atoms with E-state index < -0.39 is 6.10 Å². The molecule has 146 valence electrons. The first kappa shape index (κ1) is 18.5. The summed E-state index contributed by atoms with van der Waals surface area (Å²) in [6.07, 6.45) is 1.65. The van der Waals surface area contributed by atoms with E-state index in [0.717, 1.165) is 18.4 Å². The average Bonchev–Trinajstić information content (AvgIpc) is 3.53. The van der Waals surface area contributed by atoms with E-state index >= 15 is 0 Å². The number of anilines is 1. The van der Waals surface area contributed by atoms with Crippen LogP contribution in [0.1, 0.15) is 31.7 Å². The summed E-state index contributed by atoms with van der Waals surface area (Å²) in [5, 5.41) is 0. The SMILES string of the molecule is CC1Oc2ccccc2N(CCC(=O)N(Cc2ccc(F)cc2)C2CC2)C1=O. The third kappa shape index (κ3) is 3.86. The lowest BCUT2D eigenvalue weighted by Crippen LogP contribution is -2.46. The molecular formula is C22H23FN2O3. The molecule has 1 heterocycles. The van der Waals surface area contributed by atoms with Gasteiger partial charge >= 0.3 is 0 Å². The molecule has 0 saturated heterocycles. The van der Waals surface area contributed by atoms with Gasteiger partial charge in [-0.05, 0) is 49.6 Å². The highest BCUT2D eigenvalue weighted by molar-refractivity contribution is 6.00. The Kier molecular flexibility index (Phi) is 5.03. The number of amides is 2. The van der Waals surface area contributed by atoms with E-state index in [9.17, 15) is 14.0 Å². The van der Waals surface area contributed by atoms with Crippen LogP contribution in [0.3, 0.4) is 0 Å². The van der Waals surface area contributed by atoms with E-state index in [1.165, 1.54) is 12.1 Å². The number of hydrogen-bond donors (Lipinski definition) is 0. The highest BCUT2D eigenvalue weighted by Gasteiger charge is 2.35. The molecule has 28 heavy (non-hydrogen) atoms. The lowest BCUT2D eigenvalue weighted by Gasteiger charge is -2.33. The molecule has 0 aromatic heterocycles. The number of carbonyl (C=O) groups excluding carboxylic acids is 2. The fraction of sp³-hybridized carbons (Fsp3) is 0.364. The minimum Gasteiger partial charge on any atom is -0.479 e. The van der Waals surface area contributed by atoms with Crippen LogP contribution in [0.2, 0.25) is 0 Å². The van der Waals surface area contributed by atoms with Gasteiger partial charge in [-0.1, -0.05) is 24.3 Å². The van der Waals surface area contributed by atoms with E-state index in [1.54, 1.807) is 24.0 Å². The number of para-hydroxylation sites is 2. The Bertz CT molecular complexity index is 880. The van der Waals surface area contributed by atoms with Crippen LogP contribution in [-0.4, -0.2) is 35.4 Å². The number of carbonyl (C=O) groups is 2. The predicted molar refractivity (Wildman–Crippen MR) is 103 cm³/mol. The Hall–Kier alpha value is -2.89. The maximum absolute atomic E-state index is 13.1. The van der Waals surface area contributed by atoms with Crippen molar-refractivity contribution in [3.05, 3.63) is 59.9 Å². The predicted octanol–water partition coefficient (Wildman–Crippen LogP) is 3.52. The van der Waals surface area contributed by atoms with Crippen molar-refractivity contribution in [1.29, 1.82) is 0 Å². The van der Waals surface area contributed by atoms with Crippen molar-refractivity contribution < 1.29 is 18.7 Å². The quantitative estimate of drug-likeness (QED) is 0.768. The molecule has 1 saturated carbocycles. The molecule has 0 spiro atoms. The molecule has 0 N–H and O–H groups in total. The zero-order chi connectivity index (χ0) is 19.7. The molecule has 1 atom stereocenters. The van der Waals surface area contributed by atoms with E-state index in [4.69, 9.17) is 4.74 Å². The van der Waals surface area contributed by atoms with Crippen LogP contribution in [0.5, 0.6) is 5.75 Å². The Morgan fingerprint density at radius 2 is 1.89 bits per heavy atom. The number of fused-ring (bicyclic) bond motifs is 1. The van der Waals surface area contributed by atoms with E-state index in [0.29, 0.717) is 24.5 Å². The van der Waals surface area contributed by atoms with Gasteiger partial charge in [-0.15, -0.1) is 0 Å². The zero-order valence-electron chi connectivity index (χ0n) is 15.8. The molecule has 6 heteroatoms. The number of rotatable bonds is 6. The summed E-state index contributed by atoms with van der Waals surface area (Å²) in [6, 6.07) is 13.9. The van der Waals surface area contributed by atoms with Crippen LogP contribution in [0.25, 0.3) is 0 Å². The maximum atomic E-state index is 13.1. The third-order valence-corrected chi connectivity index (χ3v) is 5.20. The van der Waals surface area contributed by atoms with Crippen molar-refractivity contribution in [1.82, 2.24) is 4.90 Å². The molecule has 1 aliphatic heterocycles. The standard InChI is InChI=1S/C22H23FN2O3/c1-15-22(27)24(19-4-2-3-5-20(19)28-15)13-12-21(26)25(18-10-11-18)14-16-6-8-17(23)9-7-16/h2-9,15,18H,10-14H2,1H3. The fourth-order valence-corrected chi connectivity index (χ4v) is 3.53. The van der Waals surface area contributed by atoms with E-state index in [-0.39, 0.29) is 30.1 Å². The second-order valence-electron chi connectivity index (χ2n) is 7.35. The van der Waals surface area contributed by atoms with E-state index in [1.807, 2.05) is 29.2 Å². The summed E-state index contributed by atoms with van der Waals surface area (Å²) in [4.78, 5) is 29.0. The smallest absolute Gasteiger partial charge is 0.267 e. The van der Waals surface area contributed by atoms with Gasteiger partial charge in [0.25, 0.3) is 5.91 Å². The van der Waals surface area contributed by atoms with Crippen LogP contribution >= 0.6 is 0 Å². The van der Waals surface area contributed by atoms with Crippen molar-refractivity contribution in [3.63, 3.8) is 0 Å².